The Kier molecular flexibility index (Phi) is 4.66. The van der Waals surface area contributed by atoms with Gasteiger partial charge in [-0.2, -0.15) is 0 Å². The first-order chi connectivity index (χ1) is 6.83. The molecule has 1 heterocycles. The van der Waals surface area contributed by atoms with Gasteiger partial charge in [0.1, 0.15) is 12.4 Å². The maximum atomic E-state index is 11.1. The predicted octanol–water partition coefficient (Wildman–Crippen LogP) is -0.999. The third-order valence-electron chi connectivity index (χ3n) is 1.50. The molecule has 1 amide bonds. The minimum Gasteiger partial charge on any atom is -0.370 e. The number of carbonyl (C=O) groups excluding carboxylic acids is 1. The maximum Gasteiger partial charge on any atom is 0.246 e. The summed E-state index contributed by atoms with van der Waals surface area (Å²) in [6.45, 7) is 1.25. The van der Waals surface area contributed by atoms with Crippen molar-refractivity contribution in [2.24, 2.45) is 5.73 Å². The van der Waals surface area contributed by atoms with Crippen molar-refractivity contribution < 1.29 is 9.53 Å². The topological polar surface area (TPSA) is 93.0 Å². The zero-order valence-electron chi connectivity index (χ0n) is 7.82. The Morgan fingerprint density at radius 2 is 2.57 bits per heavy atom. The maximum absolute atomic E-state index is 11.1. The summed E-state index contributed by atoms with van der Waals surface area (Å²) in [7, 11) is 0. The number of amides is 1. The molecular formula is C8H14N4O2. The second kappa shape index (κ2) is 6.11. The van der Waals surface area contributed by atoms with Gasteiger partial charge in [0.2, 0.25) is 5.91 Å². The number of ether oxygens (including phenoxy) is 1. The molecule has 0 aliphatic carbocycles. The normalized spacial score (nSPS) is 10.1. The molecule has 0 unspecified atom stereocenters. The average Bonchev–Trinajstić information content (AvgIpc) is 2.68. The largest absolute Gasteiger partial charge is 0.370 e. The molecule has 6 heteroatoms. The van der Waals surface area contributed by atoms with E-state index in [0.29, 0.717) is 19.7 Å². The summed E-state index contributed by atoms with van der Waals surface area (Å²) in [4.78, 5) is 17.9. The summed E-state index contributed by atoms with van der Waals surface area (Å²) in [6, 6.07) is 0. The summed E-state index contributed by atoms with van der Waals surface area (Å²) in [6.07, 6.45) is 3.33. The highest BCUT2D eigenvalue weighted by Gasteiger charge is 2.01. The van der Waals surface area contributed by atoms with E-state index in [1.165, 1.54) is 0 Å². The van der Waals surface area contributed by atoms with E-state index in [1.807, 2.05) is 0 Å². The third kappa shape index (κ3) is 4.01. The Labute approximate surface area is 81.8 Å². The summed E-state index contributed by atoms with van der Waals surface area (Å²) >= 11 is 0. The van der Waals surface area contributed by atoms with Crippen LogP contribution in [0.4, 0.5) is 0 Å². The summed E-state index contributed by atoms with van der Waals surface area (Å²) in [5.41, 5.74) is 5.19. The molecule has 14 heavy (non-hydrogen) atoms. The molecule has 0 saturated heterocycles. The first kappa shape index (κ1) is 10.7. The molecule has 1 aromatic heterocycles. The first-order valence-electron chi connectivity index (χ1n) is 4.35. The van der Waals surface area contributed by atoms with Crippen LogP contribution in [0.2, 0.25) is 0 Å². The number of nitrogens with two attached hydrogens (primary N) is 1. The lowest BCUT2D eigenvalue weighted by Gasteiger charge is -2.03. The highest BCUT2D eigenvalue weighted by molar-refractivity contribution is 5.77. The Morgan fingerprint density at radius 3 is 3.21 bits per heavy atom. The van der Waals surface area contributed by atoms with Gasteiger partial charge in [-0.05, 0) is 0 Å². The van der Waals surface area contributed by atoms with Crippen LogP contribution in [0.5, 0.6) is 0 Å². The molecule has 78 valence electrons. The fourth-order valence-electron chi connectivity index (χ4n) is 0.876. The van der Waals surface area contributed by atoms with Gasteiger partial charge in [0.15, 0.2) is 0 Å². The van der Waals surface area contributed by atoms with E-state index in [2.05, 4.69) is 15.3 Å². The van der Waals surface area contributed by atoms with Crippen molar-refractivity contribution in [1.29, 1.82) is 0 Å². The van der Waals surface area contributed by atoms with E-state index in [0.717, 1.165) is 5.82 Å². The van der Waals surface area contributed by atoms with Gasteiger partial charge in [0.25, 0.3) is 0 Å². The van der Waals surface area contributed by atoms with Gasteiger partial charge in [-0.1, -0.05) is 0 Å². The van der Waals surface area contributed by atoms with Crippen molar-refractivity contribution in [1.82, 2.24) is 15.3 Å². The van der Waals surface area contributed by atoms with E-state index in [-0.39, 0.29) is 12.5 Å². The van der Waals surface area contributed by atoms with Gasteiger partial charge >= 0.3 is 0 Å². The van der Waals surface area contributed by atoms with Gasteiger partial charge in [0.05, 0.1) is 13.2 Å². The van der Waals surface area contributed by atoms with Crippen LogP contribution in [0, 0.1) is 0 Å². The lowest BCUT2D eigenvalue weighted by molar-refractivity contribution is -0.125. The van der Waals surface area contributed by atoms with E-state index in [1.54, 1.807) is 12.4 Å². The molecule has 6 nitrogen and oxygen atoms in total. The number of nitrogens with one attached hydrogen (secondary N) is 2. The molecule has 1 aromatic rings. The van der Waals surface area contributed by atoms with Crippen LogP contribution >= 0.6 is 0 Å². The lowest BCUT2D eigenvalue weighted by atomic mass is 10.5. The molecule has 0 spiro atoms. The van der Waals surface area contributed by atoms with E-state index < -0.39 is 0 Å². The van der Waals surface area contributed by atoms with E-state index >= 15 is 0 Å². The number of rotatable bonds is 6. The number of nitrogens with zero attached hydrogens (tertiary/aromatic N) is 1. The number of H-pyrrole nitrogens is 1. The first-order valence-corrected chi connectivity index (χ1v) is 4.35. The van der Waals surface area contributed by atoms with Gasteiger partial charge in [-0.3, -0.25) is 4.79 Å². The molecule has 1 rings (SSSR count). The van der Waals surface area contributed by atoms with Crippen molar-refractivity contribution >= 4 is 5.91 Å². The quantitative estimate of drug-likeness (QED) is 0.511. The highest BCUT2D eigenvalue weighted by atomic mass is 16.5. The molecule has 0 saturated carbocycles. The zero-order valence-corrected chi connectivity index (χ0v) is 7.82. The fraction of sp³-hybridized carbons (Fsp3) is 0.500. The monoisotopic (exact) mass is 198 g/mol. The van der Waals surface area contributed by atoms with Crippen LogP contribution in [-0.4, -0.2) is 35.6 Å². The smallest absolute Gasteiger partial charge is 0.246 e. The summed E-state index contributed by atoms with van der Waals surface area (Å²) < 4.78 is 4.95. The van der Waals surface area contributed by atoms with Crippen molar-refractivity contribution in [2.45, 2.75) is 6.54 Å². The van der Waals surface area contributed by atoms with Crippen LogP contribution < -0.4 is 11.1 Å². The van der Waals surface area contributed by atoms with Crippen LogP contribution in [0.25, 0.3) is 0 Å². The van der Waals surface area contributed by atoms with Gasteiger partial charge < -0.3 is 20.8 Å². The van der Waals surface area contributed by atoms with Crippen LogP contribution in [-0.2, 0) is 16.1 Å². The molecule has 0 fully saturated rings. The third-order valence-corrected chi connectivity index (χ3v) is 1.50. The van der Waals surface area contributed by atoms with Crippen LogP contribution in [0.1, 0.15) is 5.82 Å². The molecule has 0 aliphatic heterocycles. The fourth-order valence-corrected chi connectivity index (χ4v) is 0.876. The number of carbonyl (C=O) groups is 1. The number of aromatic nitrogens is 2. The van der Waals surface area contributed by atoms with Gasteiger partial charge in [0, 0.05) is 18.9 Å². The van der Waals surface area contributed by atoms with E-state index in [9.17, 15) is 4.79 Å². The Bertz CT molecular complexity index is 260. The lowest BCUT2D eigenvalue weighted by Crippen LogP contribution is -2.28. The molecule has 0 aliphatic rings. The van der Waals surface area contributed by atoms with Crippen molar-refractivity contribution in [3.8, 4) is 0 Å². The second-order valence-electron chi connectivity index (χ2n) is 2.65. The molecule has 0 atom stereocenters. The molecule has 0 aromatic carbocycles. The number of aromatic amines is 1. The van der Waals surface area contributed by atoms with Crippen molar-refractivity contribution in [3.63, 3.8) is 0 Å². The van der Waals surface area contributed by atoms with E-state index in [4.69, 9.17) is 10.5 Å². The molecule has 0 radical (unpaired) electrons. The number of hydrogen-bond acceptors (Lipinski definition) is 4. The number of imidazole rings is 1. The van der Waals surface area contributed by atoms with Crippen LogP contribution in [0.15, 0.2) is 12.4 Å². The minimum atomic E-state index is -0.171. The summed E-state index contributed by atoms with van der Waals surface area (Å²) in [5.74, 6) is 0.548. The predicted molar refractivity (Wildman–Crippen MR) is 50.3 cm³/mol. The Morgan fingerprint density at radius 1 is 1.71 bits per heavy atom. The SMILES string of the molecule is NCCOCC(=O)NCc1ncc[nH]1. The average molecular weight is 198 g/mol. The standard InChI is InChI=1S/C8H14N4O2/c9-1-4-14-6-8(13)12-5-7-10-2-3-11-7/h2-3H,1,4-6,9H2,(H,10,11)(H,12,13). The zero-order chi connectivity index (χ0) is 10.2. The van der Waals surface area contributed by atoms with Crippen molar-refractivity contribution in [2.75, 3.05) is 19.8 Å². The van der Waals surface area contributed by atoms with Crippen molar-refractivity contribution in [3.05, 3.63) is 18.2 Å². The number of hydrogen-bond donors (Lipinski definition) is 3. The van der Waals surface area contributed by atoms with Crippen LogP contribution in [0.3, 0.4) is 0 Å². The molecular weight excluding hydrogens is 184 g/mol. The minimum absolute atomic E-state index is 0.0396. The summed E-state index contributed by atoms with van der Waals surface area (Å²) in [5, 5.41) is 2.65. The highest BCUT2D eigenvalue weighted by Crippen LogP contribution is 1.86. The Hall–Kier alpha value is -1.40. The Balaban J connectivity index is 2.09. The molecule has 0 bridgehead atoms. The second-order valence-corrected chi connectivity index (χ2v) is 2.65. The van der Waals surface area contributed by atoms with Gasteiger partial charge in [-0.15, -0.1) is 0 Å². The molecule has 4 N–H and O–H groups in total. The van der Waals surface area contributed by atoms with Gasteiger partial charge in [-0.25, -0.2) is 4.98 Å².